The van der Waals surface area contributed by atoms with Crippen LogP contribution in [0.1, 0.15) is 37.7 Å². The molecule has 5 rings (SSSR count). The number of aryl methyl sites for hydroxylation is 2. The molecule has 0 radical (unpaired) electrons. The zero-order valence-electron chi connectivity index (χ0n) is 22.0. The molecule has 188 valence electrons. The van der Waals surface area contributed by atoms with Crippen LogP contribution in [-0.2, 0) is 23.7 Å². The van der Waals surface area contributed by atoms with Crippen molar-refractivity contribution >= 4 is 22.9 Å². The molecule has 0 aliphatic carbocycles. The van der Waals surface area contributed by atoms with E-state index in [1.54, 1.807) is 0 Å². The molecule has 0 N–H and O–H groups in total. The van der Waals surface area contributed by atoms with Crippen molar-refractivity contribution in [2.24, 2.45) is 7.05 Å². The van der Waals surface area contributed by atoms with Crippen molar-refractivity contribution in [2.45, 2.75) is 39.7 Å². The summed E-state index contributed by atoms with van der Waals surface area (Å²) in [6.07, 6.45) is 3.65. The highest BCUT2D eigenvalue weighted by molar-refractivity contribution is 5.86. The SMILES string of the molecule is Cc1cnc(N(C)Cc2nc3c(N4CCOCC4)nc(-c4ccc(C(C)(C)C)cc4)nc3n2C)nc1. The lowest BCUT2D eigenvalue weighted by molar-refractivity contribution is 0.122. The lowest BCUT2D eigenvalue weighted by Gasteiger charge is -2.28. The minimum atomic E-state index is 0.0897. The lowest BCUT2D eigenvalue weighted by Crippen LogP contribution is -2.37. The molecule has 1 aliphatic heterocycles. The molecule has 0 bridgehead atoms. The van der Waals surface area contributed by atoms with E-state index in [1.165, 1.54) is 5.56 Å². The molecule has 0 atom stereocenters. The number of hydrogen-bond acceptors (Lipinski definition) is 8. The molecule has 9 nitrogen and oxygen atoms in total. The molecule has 1 aliphatic rings. The summed E-state index contributed by atoms with van der Waals surface area (Å²) in [7, 11) is 3.98. The number of rotatable bonds is 5. The molecule has 36 heavy (non-hydrogen) atoms. The van der Waals surface area contributed by atoms with Crippen LogP contribution < -0.4 is 9.80 Å². The van der Waals surface area contributed by atoms with Gasteiger partial charge in [0.05, 0.1) is 19.8 Å². The normalized spacial score (nSPS) is 14.4. The van der Waals surface area contributed by atoms with Gasteiger partial charge in [0.1, 0.15) is 5.82 Å². The lowest BCUT2D eigenvalue weighted by atomic mass is 9.87. The number of anilines is 2. The van der Waals surface area contributed by atoms with Gasteiger partial charge in [-0.3, -0.25) is 0 Å². The van der Waals surface area contributed by atoms with E-state index in [4.69, 9.17) is 19.7 Å². The summed E-state index contributed by atoms with van der Waals surface area (Å²) in [6.45, 7) is 12.1. The minimum Gasteiger partial charge on any atom is -0.378 e. The Hall–Kier alpha value is -3.59. The Bertz CT molecular complexity index is 1350. The van der Waals surface area contributed by atoms with Gasteiger partial charge in [0.25, 0.3) is 0 Å². The van der Waals surface area contributed by atoms with Gasteiger partial charge in [-0.15, -0.1) is 0 Å². The van der Waals surface area contributed by atoms with Crippen molar-refractivity contribution in [1.29, 1.82) is 0 Å². The predicted molar refractivity (Wildman–Crippen MR) is 142 cm³/mol. The highest BCUT2D eigenvalue weighted by Gasteiger charge is 2.23. The average molecular weight is 487 g/mol. The van der Waals surface area contributed by atoms with Crippen LogP contribution in [0.3, 0.4) is 0 Å². The smallest absolute Gasteiger partial charge is 0.225 e. The van der Waals surface area contributed by atoms with E-state index in [0.29, 0.717) is 31.5 Å². The van der Waals surface area contributed by atoms with Crippen molar-refractivity contribution in [3.8, 4) is 11.4 Å². The Balaban J connectivity index is 1.57. The van der Waals surface area contributed by atoms with Gasteiger partial charge in [-0.1, -0.05) is 45.0 Å². The van der Waals surface area contributed by atoms with E-state index < -0.39 is 0 Å². The maximum Gasteiger partial charge on any atom is 0.225 e. The zero-order valence-corrected chi connectivity index (χ0v) is 22.0. The van der Waals surface area contributed by atoms with Gasteiger partial charge >= 0.3 is 0 Å². The largest absolute Gasteiger partial charge is 0.378 e. The maximum atomic E-state index is 5.60. The van der Waals surface area contributed by atoms with Crippen LogP contribution in [0.25, 0.3) is 22.6 Å². The van der Waals surface area contributed by atoms with Gasteiger partial charge in [0, 0.05) is 45.1 Å². The van der Waals surface area contributed by atoms with E-state index in [9.17, 15) is 0 Å². The molecule has 0 saturated carbocycles. The summed E-state index contributed by atoms with van der Waals surface area (Å²) in [5.41, 5.74) is 5.02. The monoisotopic (exact) mass is 486 g/mol. The average Bonchev–Trinajstić information content (AvgIpc) is 3.19. The molecule has 4 aromatic rings. The third-order valence-electron chi connectivity index (χ3n) is 6.60. The standard InChI is InChI=1S/C27H34N8O/c1-18-15-28-26(29-16-18)33(5)17-21-30-22-24(34(21)6)31-23(32-25(22)35-11-13-36-14-12-35)19-7-9-20(10-8-19)27(2,3)4/h7-10,15-16H,11-14,17H2,1-6H3. The highest BCUT2D eigenvalue weighted by Crippen LogP contribution is 2.30. The predicted octanol–water partition coefficient (Wildman–Crippen LogP) is 3.90. The Labute approximate surface area is 212 Å². The maximum absolute atomic E-state index is 5.60. The summed E-state index contributed by atoms with van der Waals surface area (Å²) in [4.78, 5) is 28.2. The first kappa shape index (κ1) is 24.1. The molecule has 3 aromatic heterocycles. The van der Waals surface area contributed by atoms with E-state index >= 15 is 0 Å². The number of morpholine rings is 1. The second kappa shape index (κ2) is 9.46. The van der Waals surface area contributed by atoms with Gasteiger partial charge in [0.15, 0.2) is 22.8 Å². The Morgan fingerprint density at radius 2 is 1.64 bits per heavy atom. The Kier molecular flexibility index (Phi) is 6.34. The van der Waals surface area contributed by atoms with Crippen molar-refractivity contribution in [1.82, 2.24) is 29.5 Å². The molecule has 0 spiro atoms. The van der Waals surface area contributed by atoms with Gasteiger partial charge in [-0.05, 0) is 23.5 Å². The number of hydrogen-bond donors (Lipinski definition) is 0. The highest BCUT2D eigenvalue weighted by atomic mass is 16.5. The first-order chi connectivity index (χ1) is 17.2. The topological polar surface area (TPSA) is 85.1 Å². The van der Waals surface area contributed by atoms with Crippen LogP contribution in [0.4, 0.5) is 11.8 Å². The van der Waals surface area contributed by atoms with E-state index in [1.807, 2.05) is 38.3 Å². The summed E-state index contributed by atoms with van der Waals surface area (Å²) >= 11 is 0. The van der Waals surface area contributed by atoms with E-state index in [0.717, 1.165) is 47.0 Å². The summed E-state index contributed by atoms with van der Waals surface area (Å²) in [5.74, 6) is 3.09. The van der Waals surface area contributed by atoms with Gasteiger partial charge in [0.2, 0.25) is 5.95 Å². The van der Waals surface area contributed by atoms with E-state index in [2.05, 4.69) is 64.5 Å². The fraction of sp³-hybridized carbons (Fsp3) is 0.444. The number of fused-ring (bicyclic) bond motifs is 1. The van der Waals surface area contributed by atoms with Gasteiger partial charge in [-0.2, -0.15) is 0 Å². The molecule has 1 aromatic carbocycles. The third-order valence-corrected chi connectivity index (χ3v) is 6.60. The first-order valence-electron chi connectivity index (χ1n) is 12.4. The first-order valence-corrected chi connectivity index (χ1v) is 12.4. The van der Waals surface area contributed by atoms with Crippen LogP contribution in [-0.4, -0.2) is 62.8 Å². The van der Waals surface area contributed by atoms with Crippen molar-refractivity contribution in [2.75, 3.05) is 43.2 Å². The Morgan fingerprint density at radius 1 is 0.972 bits per heavy atom. The number of aromatic nitrogens is 6. The zero-order chi connectivity index (χ0) is 25.4. The number of benzene rings is 1. The minimum absolute atomic E-state index is 0.0897. The summed E-state index contributed by atoms with van der Waals surface area (Å²) in [5, 5.41) is 0. The molecule has 9 heteroatoms. The van der Waals surface area contributed by atoms with Crippen LogP contribution >= 0.6 is 0 Å². The molecule has 1 fully saturated rings. The van der Waals surface area contributed by atoms with Crippen molar-refractivity contribution < 1.29 is 4.74 Å². The Morgan fingerprint density at radius 3 is 2.28 bits per heavy atom. The number of imidazole rings is 1. The van der Waals surface area contributed by atoms with Gasteiger partial charge < -0.3 is 19.1 Å². The molecule has 0 unspecified atom stereocenters. The number of ether oxygens (including phenoxy) is 1. The van der Waals surface area contributed by atoms with Gasteiger partial charge in [-0.25, -0.2) is 24.9 Å². The van der Waals surface area contributed by atoms with Crippen LogP contribution in [0.5, 0.6) is 0 Å². The molecular weight excluding hydrogens is 452 g/mol. The number of nitrogens with zero attached hydrogens (tertiary/aromatic N) is 8. The van der Waals surface area contributed by atoms with Crippen LogP contribution in [0, 0.1) is 6.92 Å². The summed E-state index contributed by atoms with van der Waals surface area (Å²) in [6, 6.07) is 8.57. The van der Waals surface area contributed by atoms with Crippen molar-refractivity contribution in [3.05, 3.63) is 53.6 Å². The fourth-order valence-corrected chi connectivity index (χ4v) is 4.34. The molecule has 4 heterocycles. The third kappa shape index (κ3) is 4.75. The van der Waals surface area contributed by atoms with Crippen LogP contribution in [0.2, 0.25) is 0 Å². The van der Waals surface area contributed by atoms with Crippen molar-refractivity contribution in [3.63, 3.8) is 0 Å². The second-order valence-corrected chi connectivity index (χ2v) is 10.5. The molecule has 0 amide bonds. The van der Waals surface area contributed by atoms with E-state index in [-0.39, 0.29) is 5.41 Å². The fourth-order valence-electron chi connectivity index (χ4n) is 4.34. The van der Waals surface area contributed by atoms with Crippen LogP contribution in [0.15, 0.2) is 36.7 Å². The second-order valence-electron chi connectivity index (χ2n) is 10.5. The molecular formula is C27H34N8O. The quantitative estimate of drug-likeness (QED) is 0.420. The summed E-state index contributed by atoms with van der Waals surface area (Å²) < 4.78 is 7.66. The molecule has 1 saturated heterocycles.